The fourth-order valence-electron chi connectivity index (χ4n) is 1.83. The molecule has 0 saturated carbocycles. The molecule has 2 N–H and O–H groups in total. The molecular formula is C12H17ClN2O. The Morgan fingerprint density at radius 2 is 2.31 bits per heavy atom. The summed E-state index contributed by atoms with van der Waals surface area (Å²) >= 11 is 0. The van der Waals surface area contributed by atoms with Crippen molar-refractivity contribution in [1.29, 1.82) is 0 Å². The molecule has 0 bridgehead atoms. The Morgan fingerprint density at radius 1 is 1.50 bits per heavy atom. The minimum Gasteiger partial charge on any atom is -0.384 e. The second-order valence-electron chi connectivity index (χ2n) is 3.85. The molecule has 3 nitrogen and oxygen atoms in total. The lowest BCUT2D eigenvalue weighted by atomic mass is 10.1. The molecule has 0 saturated heterocycles. The van der Waals surface area contributed by atoms with E-state index in [-0.39, 0.29) is 18.3 Å². The van der Waals surface area contributed by atoms with Crippen molar-refractivity contribution in [2.24, 2.45) is 0 Å². The van der Waals surface area contributed by atoms with Gasteiger partial charge in [-0.25, -0.2) is 0 Å². The van der Waals surface area contributed by atoms with Crippen molar-refractivity contribution in [1.82, 2.24) is 0 Å². The number of benzene rings is 1. The van der Waals surface area contributed by atoms with E-state index in [0.29, 0.717) is 6.42 Å². The van der Waals surface area contributed by atoms with Crippen LogP contribution in [0.3, 0.4) is 0 Å². The monoisotopic (exact) mass is 240 g/mol. The zero-order valence-electron chi connectivity index (χ0n) is 9.38. The Balaban J connectivity index is 0.00000128. The predicted octanol–water partition coefficient (Wildman–Crippen LogP) is 2.82. The number of halogens is 1. The highest BCUT2D eigenvalue weighted by molar-refractivity contribution is 5.91. The van der Waals surface area contributed by atoms with Gasteiger partial charge in [0.15, 0.2) is 0 Å². The summed E-state index contributed by atoms with van der Waals surface area (Å²) in [5.74, 6) is 0.100. The molecule has 0 spiro atoms. The number of carbonyl (C=O) groups excluding carboxylic acids is 1. The average molecular weight is 241 g/mol. The third-order valence-electron chi connectivity index (χ3n) is 2.58. The van der Waals surface area contributed by atoms with Crippen molar-refractivity contribution >= 4 is 29.7 Å². The summed E-state index contributed by atoms with van der Waals surface area (Å²) in [6, 6.07) is 6.04. The average Bonchev–Trinajstić information content (AvgIpc) is 2.65. The van der Waals surface area contributed by atoms with Gasteiger partial charge in [0.2, 0.25) is 5.91 Å². The number of hydrogen-bond acceptors (Lipinski definition) is 2. The summed E-state index contributed by atoms with van der Waals surface area (Å²) in [5, 5.41) is 6.20. The smallest absolute Gasteiger partial charge is 0.224 e. The van der Waals surface area contributed by atoms with E-state index >= 15 is 0 Å². The molecule has 0 unspecified atom stereocenters. The Labute approximate surface area is 102 Å². The first-order valence-electron chi connectivity index (χ1n) is 5.46. The molecule has 1 aliphatic rings. The van der Waals surface area contributed by atoms with Gasteiger partial charge in [0.05, 0.1) is 0 Å². The highest BCUT2D eigenvalue weighted by atomic mass is 35.5. The summed E-state index contributed by atoms with van der Waals surface area (Å²) < 4.78 is 0. The largest absolute Gasteiger partial charge is 0.384 e. The highest BCUT2D eigenvalue weighted by Gasteiger charge is 2.10. The third kappa shape index (κ3) is 2.89. The molecule has 16 heavy (non-hydrogen) atoms. The Bertz CT molecular complexity index is 379. The summed E-state index contributed by atoms with van der Waals surface area (Å²) in [6.45, 7) is 3.01. The zero-order chi connectivity index (χ0) is 10.7. The van der Waals surface area contributed by atoms with Crippen LogP contribution in [0.5, 0.6) is 0 Å². The molecule has 0 fully saturated rings. The molecule has 88 valence electrons. The zero-order valence-corrected chi connectivity index (χ0v) is 10.2. The number of amides is 1. The molecule has 1 amide bonds. The number of fused-ring (bicyclic) bond motifs is 1. The number of hydrogen-bond donors (Lipinski definition) is 2. The van der Waals surface area contributed by atoms with Crippen LogP contribution in [0.25, 0.3) is 0 Å². The first-order valence-corrected chi connectivity index (χ1v) is 5.46. The van der Waals surface area contributed by atoms with E-state index in [1.54, 1.807) is 0 Å². The third-order valence-corrected chi connectivity index (χ3v) is 2.58. The van der Waals surface area contributed by atoms with Crippen molar-refractivity contribution in [3.8, 4) is 0 Å². The lowest BCUT2D eigenvalue weighted by molar-refractivity contribution is -0.116. The number of carbonyl (C=O) groups is 1. The van der Waals surface area contributed by atoms with Crippen LogP contribution < -0.4 is 10.6 Å². The van der Waals surface area contributed by atoms with E-state index in [1.807, 2.05) is 19.1 Å². The van der Waals surface area contributed by atoms with Crippen LogP contribution in [0.15, 0.2) is 18.2 Å². The predicted molar refractivity (Wildman–Crippen MR) is 69.4 cm³/mol. The summed E-state index contributed by atoms with van der Waals surface area (Å²) in [4.78, 5) is 11.4. The maximum Gasteiger partial charge on any atom is 0.224 e. The Morgan fingerprint density at radius 3 is 3.06 bits per heavy atom. The quantitative estimate of drug-likeness (QED) is 0.853. The molecule has 1 heterocycles. The minimum atomic E-state index is 0. The van der Waals surface area contributed by atoms with Gasteiger partial charge in [-0.05, 0) is 36.6 Å². The van der Waals surface area contributed by atoms with Crippen LogP contribution in [0, 0.1) is 0 Å². The number of nitrogens with one attached hydrogen (secondary N) is 2. The van der Waals surface area contributed by atoms with Crippen LogP contribution >= 0.6 is 12.4 Å². The SMILES string of the molecule is CCCC(=O)Nc1ccc2c(c1)CCN2.Cl. The van der Waals surface area contributed by atoms with Crippen molar-refractivity contribution in [2.45, 2.75) is 26.2 Å². The molecule has 1 aliphatic heterocycles. The van der Waals surface area contributed by atoms with Crippen LogP contribution in [-0.2, 0) is 11.2 Å². The van der Waals surface area contributed by atoms with Gasteiger partial charge in [-0.3, -0.25) is 4.79 Å². The topological polar surface area (TPSA) is 41.1 Å². The standard InChI is InChI=1S/C12H16N2O.ClH/c1-2-3-12(15)14-10-4-5-11-9(8-10)6-7-13-11;/h4-5,8,13H,2-3,6-7H2,1H3,(H,14,15);1H. The number of rotatable bonds is 3. The van der Waals surface area contributed by atoms with Crippen LogP contribution in [0.1, 0.15) is 25.3 Å². The maximum atomic E-state index is 11.4. The summed E-state index contributed by atoms with van der Waals surface area (Å²) in [6.07, 6.45) is 2.53. The molecule has 4 heteroatoms. The first kappa shape index (κ1) is 12.8. The normalized spacial score (nSPS) is 12.3. The van der Waals surface area contributed by atoms with Gasteiger partial charge in [-0.1, -0.05) is 6.92 Å². The molecule has 1 aromatic carbocycles. The second-order valence-corrected chi connectivity index (χ2v) is 3.85. The van der Waals surface area contributed by atoms with Crippen molar-refractivity contribution in [2.75, 3.05) is 17.2 Å². The van der Waals surface area contributed by atoms with E-state index in [9.17, 15) is 4.79 Å². The molecule has 1 aromatic rings. The van der Waals surface area contributed by atoms with Gasteiger partial charge < -0.3 is 10.6 Å². The van der Waals surface area contributed by atoms with Gasteiger partial charge in [0.25, 0.3) is 0 Å². The summed E-state index contributed by atoms with van der Waals surface area (Å²) in [5.41, 5.74) is 3.41. The molecular weight excluding hydrogens is 224 g/mol. The minimum absolute atomic E-state index is 0. The van der Waals surface area contributed by atoms with Crippen molar-refractivity contribution in [3.63, 3.8) is 0 Å². The Hall–Kier alpha value is -1.22. The fraction of sp³-hybridized carbons (Fsp3) is 0.417. The lowest BCUT2D eigenvalue weighted by Crippen LogP contribution is -2.10. The molecule has 2 rings (SSSR count). The molecule has 0 atom stereocenters. The highest BCUT2D eigenvalue weighted by Crippen LogP contribution is 2.25. The first-order chi connectivity index (χ1) is 7.29. The van der Waals surface area contributed by atoms with E-state index in [4.69, 9.17) is 0 Å². The van der Waals surface area contributed by atoms with Gasteiger partial charge in [-0.2, -0.15) is 0 Å². The maximum absolute atomic E-state index is 11.4. The van der Waals surface area contributed by atoms with Crippen LogP contribution in [-0.4, -0.2) is 12.5 Å². The van der Waals surface area contributed by atoms with E-state index in [1.165, 1.54) is 11.3 Å². The van der Waals surface area contributed by atoms with Gasteiger partial charge >= 0.3 is 0 Å². The molecule has 0 aliphatic carbocycles. The van der Waals surface area contributed by atoms with E-state index < -0.39 is 0 Å². The second kappa shape index (κ2) is 5.75. The number of anilines is 2. The van der Waals surface area contributed by atoms with Crippen molar-refractivity contribution < 1.29 is 4.79 Å². The lowest BCUT2D eigenvalue weighted by Gasteiger charge is -2.06. The van der Waals surface area contributed by atoms with Crippen LogP contribution in [0.2, 0.25) is 0 Å². The van der Waals surface area contributed by atoms with E-state index in [2.05, 4.69) is 16.7 Å². The van der Waals surface area contributed by atoms with Gasteiger partial charge in [0.1, 0.15) is 0 Å². The van der Waals surface area contributed by atoms with Crippen LogP contribution in [0.4, 0.5) is 11.4 Å². The Kier molecular flexibility index (Phi) is 4.62. The van der Waals surface area contributed by atoms with E-state index in [0.717, 1.165) is 25.1 Å². The fourth-order valence-corrected chi connectivity index (χ4v) is 1.83. The van der Waals surface area contributed by atoms with Gasteiger partial charge in [0, 0.05) is 24.3 Å². The van der Waals surface area contributed by atoms with Gasteiger partial charge in [-0.15, -0.1) is 12.4 Å². The molecule has 0 aromatic heterocycles. The van der Waals surface area contributed by atoms with Crippen molar-refractivity contribution in [3.05, 3.63) is 23.8 Å². The summed E-state index contributed by atoms with van der Waals surface area (Å²) in [7, 11) is 0. The molecule has 0 radical (unpaired) electrons.